The Kier molecular flexibility index (Phi) is 4.83. The highest BCUT2D eigenvalue weighted by Crippen LogP contribution is 2.35. The van der Waals surface area contributed by atoms with Crippen LogP contribution in [0.15, 0.2) is 39.3 Å². The van der Waals surface area contributed by atoms with Gasteiger partial charge in [-0.05, 0) is 40.5 Å². The molecule has 2 aromatic carbocycles. The lowest BCUT2D eigenvalue weighted by atomic mass is 9.97. The van der Waals surface area contributed by atoms with E-state index in [1.54, 1.807) is 6.07 Å². The Bertz CT molecular complexity index is 646. The smallest absolute Gasteiger partial charge is 0.141 e. The molecule has 0 aromatic heterocycles. The van der Waals surface area contributed by atoms with E-state index in [0.717, 1.165) is 21.2 Å². The number of nitrogens with two attached hydrogens (primary N) is 1. The van der Waals surface area contributed by atoms with Crippen molar-refractivity contribution < 1.29 is 9.13 Å². The van der Waals surface area contributed by atoms with Crippen LogP contribution in [-0.2, 0) is 0 Å². The molecule has 2 rings (SSSR count). The number of ether oxygens (including phenoxy) is 1. The predicted molar refractivity (Wildman–Crippen MR) is 85.6 cm³/mol. The summed E-state index contributed by atoms with van der Waals surface area (Å²) in [6.07, 6.45) is 0. The van der Waals surface area contributed by atoms with Gasteiger partial charge in [0.1, 0.15) is 11.6 Å². The van der Waals surface area contributed by atoms with Gasteiger partial charge in [-0.3, -0.25) is 0 Å². The zero-order chi connectivity index (χ0) is 14.9. The van der Waals surface area contributed by atoms with Gasteiger partial charge in [-0.25, -0.2) is 4.39 Å². The van der Waals surface area contributed by atoms with Crippen molar-refractivity contribution in [2.75, 3.05) is 7.11 Å². The number of benzene rings is 2. The van der Waals surface area contributed by atoms with Gasteiger partial charge in [-0.1, -0.05) is 33.6 Å². The van der Waals surface area contributed by atoms with Crippen molar-refractivity contribution in [2.45, 2.75) is 13.0 Å². The molecule has 2 N–H and O–H groups in total. The van der Waals surface area contributed by atoms with Gasteiger partial charge in [0, 0.05) is 16.1 Å². The molecule has 0 amide bonds. The number of hydrogen-bond acceptors (Lipinski definition) is 2. The largest absolute Gasteiger partial charge is 0.496 e. The maximum absolute atomic E-state index is 13.6. The lowest BCUT2D eigenvalue weighted by Crippen LogP contribution is -2.14. The summed E-state index contributed by atoms with van der Waals surface area (Å²) in [7, 11) is 1.50. The molecule has 0 fully saturated rings. The topological polar surface area (TPSA) is 35.2 Å². The highest BCUT2D eigenvalue weighted by molar-refractivity contribution is 9.10. The van der Waals surface area contributed by atoms with E-state index in [2.05, 4.69) is 31.9 Å². The van der Waals surface area contributed by atoms with Crippen molar-refractivity contribution >= 4 is 31.9 Å². The van der Waals surface area contributed by atoms with Crippen LogP contribution < -0.4 is 10.5 Å². The first-order chi connectivity index (χ1) is 9.43. The van der Waals surface area contributed by atoms with Crippen LogP contribution in [0.1, 0.15) is 22.7 Å². The molecule has 0 aliphatic rings. The fraction of sp³-hybridized carbons (Fsp3) is 0.200. The van der Waals surface area contributed by atoms with Gasteiger partial charge in [0.25, 0.3) is 0 Å². The monoisotopic (exact) mass is 401 g/mol. The molecule has 0 radical (unpaired) electrons. The Morgan fingerprint density at radius 1 is 1.10 bits per heavy atom. The molecule has 5 heteroatoms. The van der Waals surface area contributed by atoms with Crippen LogP contribution in [0.5, 0.6) is 5.75 Å². The standard InChI is InChI=1S/C15H14Br2FNO/c1-8-3-4-11(16)9(5-8)15(19)10-6-12(17)13(18)7-14(10)20-2/h3-7,15H,19H2,1-2H3. The second-order valence-electron chi connectivity index (χ2n) is 4.51. The SMILES string of the molecule is COc1cc(F)c(Br)cc1C(N)c1cc(C)ccc1Br. The van der Waals surface area contributed by atoms with Gasteiger partial charge in [-0.15, -0.1) is 0 Å². The van der Waals surface area contributed by atoms with Crippen molar-refractivity contribution in [1.82, 2.24) is 0 Å². The lowest BCUT2D eigenvalue weighted by Gasteiger charge is -2.18. The average Bonchev–Trinajstić information content (AvgIpc) is 2.43. The molecule has 0 saturated heterocycles. The van der Waals surface area contributed by atoms with Crippen molar-refractivity contribution in [3.63, 3.8) is 0 Å². The second-order valence-corrected chi connectivity index (χ2v) is 6.22. The van der Waals surface area contributed by atoms with Gasteiger partial charge in [-0.2, -0.15) is 0 Å². The number of methoxy groups -OCH3 is 1. The Morgan fingerprint density at radius 3 is 2.45 bits per heavy atom. The first-order valence-corrected chi connectivity index (χ1v) is 7.57. The van der Waals surface area contributed by atoms with E-state index in [-0.39, 0.29) is 5.82 Å². The van der Waals surface area contributed by atoms with Crippen LogP contribution in [0.4, 0.5) is 4.39 Å². The number of rotatable bonds is 3. The van der Waals surface area contributed by atoms with Crippen molar-refractivity contribution in [3.05, 3.63) is 61.8 Å². The molecule has 2 aromatic rings. The van der Waals surface area contributed by atoms with Crippen LogP contribution in [0.25, 0.3) is 0 Å². The van der Waals surface area contributed by atoms with Crippen molar-refractivity contribution in [2.24, 2.45) is 5.73 Å². The highest BCUT2D eigenvalue weighted by Gasteiger charge is 2.19. The summed E-state index contributed by atoms with van der Waals surface area (Å²) in [5, 5.41) is 0. The van der Waals surface area contributed by atoms with Crippen LogP contribution >= 0.6 is 31.9 Å². The summed E-state index contributed by atoms with van der Waals surface area (Å²) in [4.78, 5) is 0. The fourth-order valence-electron chi connectivity index (χ4n) is 2.03. The van der Waals surface area contributed by atoms with Crippen LogP contribution in [0, 0.1) is 12.7 Å². The summed E-state index contributed by atoms with van der Waals surface area (Å²) in [6.45, 7) is 2.00. The third-order valence-corrected chi connectivity index (χ3v) is 4.42. The minimum Gasteiger partial charge on any atom is -0.496 e. The third-order valence-electron chi connectivity index (χ3n) is 3.09. The Balaban J connectivity index is 2.55. The molecule has 0 spiro atoms. The summed E-state index contributed by atoms with van der Waals surface area (Å²) in [6, 6.07) is 8.55. The van der Waals surface area contributed by atoms with Gasteiger partial charge in [0.15, 0.2) is 0 Å². The molecule has 1 unspecified atom stereocenters. The van der Waals surface area contributed by atoms with E-state index >= 15 is 0 Å². The zero-order valence-corrected chi connectivity index (χ0v) is 14.3. The van der Waals surface area contributed by atoms with Crippen molar-refractivity contribution in [3.8, 4) is 5.75 Å². The van der Waals surface area contributed by atoms with E-state index in [1.807, 2.05) is 25.1 Å². The molecular formula is C15H14Br2FNO. The maximum Gasteiger partial charge on any atom is 0.141 e. The molecule has 106 valence electrons. The first kappa shape index (κ1) is 15.5. The summed E-state index contributed by atoms with van der Waals surface area (Å²) >= 11 is 6.69. The molecule has 0 aliphatic heterocycles. The predicted octanol–water partition coefficient (Wildman–Crippen LogP) is 4.72. The summed E-state index contributed by atoms with van der Waals surface area (Å²) < 4.78 is 20.1. The maximum atomic E-state index is 13.6. The van der Waals surface area contributed by atoms with Crippen LogP contribution in [0.3, 0.4) is 0 Å². The molecular weight excluding hydrogens is 389 g/mol. The van der Waals surface area contributed by atoms with E-state index in [1.165, 1.54) is 13.2 Å². The van der Waals surface area contributed by atoms with Crippen molar-refractivity contribution in [1.29, 1.82) is 0 Å². The average molecular weight is 403 g/mol. The minimum atomic E-state index is -0.406. The Labute approximate surface area is 134 Å². The normalized spacial score (nSPS) is 12.3. The van der Waals surface area contributed by atoms with E-state index in [4.69, 9.17) is 10.5 Å². The van der Waals surface area contributed by atoms with Gasteiger partial charge in [0.2, 0.25) is 0 Å². The van der Waals surface area contributed by atoms with Crippen LogP contribution in [-0.4, -0.2) is 7.11 Å². The van der Waals surface area contributed by atoms with Gasteiger partial charge < -0.3 is 10.5 Å². The quantitative estimate of drug-likeness (QED) is 0.806. The molecule has 0 heterocycles. The van der Waals surface area contributed by atoms with E-state index in [9.17, 15) is 4.39 Å². The highest BCUT2D eigenvalue weighted by atomic mass is 79.9. The van der Waals surface area contributed by atoms with Gasteiger partial charge in [0.05, 0.1) is 17.6 Å². The number of hydrogen-bond donors (Lipinski definition) is 1. The molecule has 1 atom stereocenters. The molecule has 0 bridgehead atoms. The molecule has 0 aliphatic carbocycles. The minimum absolute atomic E-state index is 0.368. The zero-order valence-electron chi connectivity index (χ0n) is 11.1. The number of halogens is 3. The second kappa shape index (κ2) is 6.24. The fourth-order valence-corrected chi connectivity index (χ4v) is 2.89. The first-order valence-electron chi connectivity index (χ1n) is 5.98. The van der Waals surface area contributed by atoms with E-state index < -0.39 is 6.04 Å². The third kappa shape index (κ3) is 3.05. The van der Waals surface area contributed by atoms with Crippen LogP contribution in [0.2, 0.25) is 0 Å². The Hall–Kier alpha value is -0.910. The van der Waals surface area contributed by atoms with E-state index in [0.29, 0.717) is 10.2 Å². The number of aryl methyl sites for hydroxylation is 1. The van der Waals surface area contributed by atoms with Gasteiger partial charge >= 0.3 is 0 Å². The Morgan fingerprint density at radius 2 is 1.80 bits per heavy atom. The molecule has 20 heavy (non-hydrogen) atoms. The molecule has 0 saturated carbocycles. The molecule has 2 nitrogen and oxygen atoms in total. The lowest BCUT2D eigenvalue weighted by molar-refractivity contribution is 0.404. The summed E-state index contributed by atoms with van der Waals surface area (Å²) in [5.74, 6) is 0.0627. The summed E-state index contributed by atoms with van der Waals surface area (Å²) in [5.41, 5.74) is 9.10.